The highest BCUT2D eigenvalue weighted by atomic mass is 35.5. The van der Waals surface area contributed by atoms with E-state index in [1.165, 1.54) is 27.5 Å². The molecular weight excluding hydrogens is 393 g/mol. The zero-order valence-electron chi connectivity index (χ0n) is 15.0. The van der Waals surface area contributed by atoms with Crippen LogP contribution in [-0.4, -0.2) is 24.1 Å². The van der Waals surface area contributed by atoms with Crippen LogP contribution in [-0.2, 0) is 6.54 Å². The van der Waals surface area contributed by atoms with Crippen molar-refractivity contribution in [2.24, 2.45) is 0 Å². The largest absolute Gasteiger partial charge is 0.310 e. The van der Waals surface area contributed by atoms with E-state index in [4.69, 9.17) is 11.6 Å². The number of halogens is 2. The minimum atomic E-state index is -0.345. The predicted octanol–water partition coefficient (Wildman–Crippen LogP) is 3.95. The van der Waals surface area contributed by atoms with Crippen molar-refractivity contribution in [3.8, 4) is 11.3 Å². The average molecular weight is 406 g/mol. The van der Waals surface area contributed by atoms with Crippen LogP contribution in [0.5, 0.6) is 0 Å². The monoisotopic (exact) mass is 405 g/mol. The van der Waals surface area contributed by atoms with Crippen molar-refractivity contribution in [3.05, 3.63) is 93.9 Å². The molecule has 0 saturated carbocycles. The summed E-state index contributed by atoms with van der Waals surface area (Å²) in [6.45, 7) is 0.233. The quantitative estimate of drug-likeness (QED) is 0.456. The van der Waals surface area contributed by atoms with Gasteiger partial charge in [0.25, 0.3) is 11.3 Å². The SMILES string of the molecule is O=c1c2c(-c3cccc(Cl)c3)n3ncnc3nc2ccn1Cc1cccc(F)c1. The van der Waals surface area contributed by atoms with Crippen LogP contribution in [0.4, 0.5) is 4.39 Å². The van der Waals surface area contributed by atoms with E-state index in [-0.39, 0.29) is 17.9 Å². The molecule has 29 heavy (non-hydrogen) atoms. The van der Waals surface area contributed by atoms with Crippen molar-refractivity contribution in [2.75, 3.05) is 0 Å². The standard InChI is InChI=1S/C21H13ClFN5O/c22-15-5-2-4-14(10-15)19-18-17(26-21-24-12-25-28(19)21)7-8-27(20(18)29)11-13-3-1-6-16(23)9-13/h1-10,12H,11H2. The molecule has 142 valence electrons. The lowest BCUT2D eigenvalue weighted by Crippen LogP contribution is -2.22. The molecule has 0 aliphatic carbocycles. The van der Waals surface area contributed by atoms with Crippen LogP contribution in [0.15, 0.2) is 71.9 Å². The molecule has 3 aromatic heterocycles. The Bertz CT molecular complexity index is 1440. The molecule has 0 radical (unpaired) electrons. The van der Waals surface area contributed by atoms with E-state index in [1.54, 1.807) is 42.6 Å². The van der Waals surface area contributed by atoms with Gasteiger partial charge in [0, 0.05) is 16.8 Å². The van der Waals surface area contributed by atoms with Crippen LogP contribution in [0.1, 0.15) is 5.56 Å². The normalized spacial score (nSPS) is 11.4. The highest BCUT2D eigenvalue weighted by Gasteiger charge is 2.17. The zero-order chi connectivity index (χ0) is 20.0. The number of aromatic nitrogens is 5. The van der Waals surface area contributed by atoms with E-state index in [0.29, 0.717) is 33.0 Å². The molecule has 8 heteroatoms. The van der Waals surface area contributed by atoms with Gasteiger partial charge in [0.1, 0.15) is 12.1 Å². The van der Waals surface area contributed by atoms with Crippen molar-refractivity contribution in [3.63, 3.8) is 0 Å². The third kappa shape index (κ3) is 3.05. The number of fused-ring (bicyclic) bond motifs is 2. The molecule has 0 atom stereocenters. The number of benzene rings is 2. The lowest BCUT2D eigenvalue weighted by molar-refractivity contribution is 0.623. The first-order valence-electron chi connectivity index (χ1n) is 8.83. The first kappa shape index (κ1) is 17.5. The summed E-state index contributed by atoms with van der Waals surface area (Å²) < 4.78 is 16.6. The molecule has 0 aliphatic heterocycles. The molecule has 0 unspecified atom stereocenters. The van der Waals surface area contributed by atoms with Crippen molar-refractivity contribution >= 4 is 28.3 Å². The van der Waals surface area contributed by atoms with Gasteiger partial charge in [-0.05, 0) is 35.9 Å². The van der Waals surface area contributed by atoms with Gasteiger partial charge in [-0.2, -0.15) is 14.6 Å². The third-order valence-electron chi connectivity index (χ3n) is 4.68. The van der Waals surface area contributed by atoms with Gasteiger partial charge in [0.2, 0.25) is 0 Å². The lowest BCUT2D eigenvalue weighted by atomic mass is 10.1. The molecule has 0 bridgehead atoms. The summed E-state index contributed by atoms with van der Waals surface area (Å²) in [5.41, 5.74) is 2.21. The second kappa shape index (κ2) is 6.79. The summed E-state index contributed by atoms with van der Waals surface area (Å²) in [6, 6.07) is 15.1. The van der Waals surface area contributed by atoms with Crippen LogP contribution in [0.2, 0.25) is 5.02 Å². The van der Waals surface area contributed by atoms with E-state index in [1.807, 2.05) is 6.07 Å². The first-order chi connectivity index (χ1) is 14.1. The number of pyridine rings is 1. The molecule has 0 N–H and O–H groups in total. The fourth-order valence-electron chi connectivity index (χ4n) is 3.42. The van der Waals surface area contributed by atoms with Crippen molar-refractivity contribution in [1.82, 2.24) is 24.1 Å². The van der Waals surface area contributed by atoms with E-state index < -0.39 is 0 Å². The van der Waals surface area contributed by atoms with E-state index >= 15 is 0 Å². The highest BCUT2D eigenvalue weighted by molar-refractivity contribution is 6.30. The molecule has 0 amide bonds. The number of nitrogens with zero attached hydrogens (tertiary/aromatic N) is 5. The van der Waals surface area contributed by atoms with E-state index in [9.17, 15) is 9.18 Å². The summed E-state index contributed by atoms with van der Waals surface area (Å²) in [4.78, 5) is 22.0. The van der Waals surface area contributed by atoms with Crippen molar-refractivity contribution in [1.29, 1.82) is 0 Å². The Morgan fingerprint density at radius 3 is 2.76 bits per heavy atom. The van der Waals surface area contributed by atoms with Crippen LogP contribution in [0.25, 0.3) is 27.9 Å². The highest BCUT2D eigenvalue weighted by Crippen LogP contribution is 2.27. The van der Waals surface area contributed by atoms with Crippen LogP contribution in [0.3, 0.4) is 0 Å². The Balaban J connectivity index is 1.80. The van der Waals surface area contributed by atoms with Crippen molar-refractivity contribution in [2.45, 2.75) is 6.54 Å². The third-order valence-corrected chi connectivity index (χ3v) is 4.92. The zero-order valence-corrected chi connectivity index (χ0v) is 15.7. The Labute approximate surface area is 168 Å². The van der Waals surface area contributed by atoms with Gasteiger partial charge in [-0.1, -0.05) is 35.9 Å². The fourth-order valence-corrected chi connectivity index (χ4v) is 3.61. The maximum absolute atomic E-state index is 13.6. The Morgan fingerprint density at radius 1 is 1.07 bits per heavy atom. The number of rotatable bonds is 3. The molecule has 0 aliphatic rings. The Kier molecular flexibility index (Phi) is 4.10. The number of hydrogen-bond donors (Lipinski definition) is 0. The predicted molar refractivity (Wildman–Crippen MR) is 108 cm³/mol. The Hall–Kier alpha value is -3.58. The van der Waals surface area contributed by atoms with E-state index in [0.717, 1.165) is 5.56 Å². The minimum absolute atomic E-state index is 0.233. The van der Waals surface area contributed by atoms with Gasteiger partial charge >= 0.3 is 0 Å². The molecule has 0 saturated heterocycles. The summed E-state index contributed by atoms with van der Waals surface area (Å²) >= 11 is 6.18. The summed E-state index contributed by atoms with van der Waals surface area (Å²) in [5.74, 6) is 0.0386. The van der Waals surface area contributed by atoms with Gasteiger partial charge in [-0.3, -0.25) is 4.79 Å². The van der Waals surface area contributed by atoms with Crippen LogP contribution >= 0.6 is 11.6 Å². The lowest BCUT2D eigenvalue weighted by Gasteiger charge is -2.12. The maximum atomic E-state index is 13.6. The van der Waals surface area contributed by atoms with Gasteiger partial charge < -0.3 is 4.57 Å². The Morgan fingerprint density at radius 2 is 1.93 bits per heavy atom. The van der Waals surface area contributed by atoms with Gasteiger partial charge in [-0.15, -0.1) is 0 Å². The molecule has 5 aromatic rings. The molecule has 0 spiro atoms. The second-order valence-corrected chi connectivity index (χ2v) is 7.02. The van der Waals surface area contributed by atoms with Crippen LogP contribution in [0, 0.1) is 5.82 Å². The second-order valence-electron chi connectivity index (χ2n) is 6.58. The smallest absolute Gasteiger partial charge is 0.262 e. The summed E-state index contributed by atoms with van der Waals surface area (Å²) in [6.07, 6.45) is 3.04. The molecule has 0 fully saturated rings. The maximum Gasteiger partial charge on any atom is 0.262 e. The number of hydrogen-bond acceptors (Lipinski definition) is 4. The average Bonchev–Trinajstić information content (AvgIpc) is 3.17. The summed E-state index contributed by atoms with van der Waals surface area (Å²) in [5, 5.41) is 5.17. The summed E-state index contributed by atoms with van der Waals surface area (Å²) in [7, 11) is 0. The van der Waals surface area contributed by atoms with Crippen molar-refractivity contribution < 1.29 is 4.39 Å². The minimum Gasteiger partial charge on any atom is -0.310 e. The van der Waals surface area contributed by atoms with Gasteiger partial charge in [0.05, 0.1) is 23.1 Å². The van der Waals surface area contributed by atoms with Gasteiger partial charge in [0.15, 0.2) is 0 Å². The van der Waals surface area contributed by atoms with E-state index in [2.05, 4.69) is 15.1 Å². The molecular formula is C21H13ClFN5O. The molecule has 5 rings (SSSR count). The molecule has 2 aromatic carbocycles. The van der Waals surface area contributed by atoms with Crippen LogP contribution < -0.4 is 5.56 Å². The first-order valence-corrected chi connectivity index (χ1v) is 9.21. The molecule has 6 nitrogen and oxygen atoms in total. The molecule has 3 heterocycles. The fraction of sp³-hybridized carbons (Fsp3) is 0.0476. The van der Waals surface area contributed by atoms with Gasteiger partial charge in [-0.25, -0.2) is 9.37 Å². The topological polar surface area (TPSA) is 65.1 Å².